The number of methoxy groups -OCH3 is 1. The number of likely N-dealkylation sites (tertiary alicyclic amines) is 1. The Morgan fingerprint density at radius 3 is 2.69 bits per heavy atom. The molecule has 26 heavy (non-hydrogen) atoms. The van der Waals surface area contributed by atoms with E-state index in [0.717, 1.165) is 38.2 Å². The number of nitrogens with one attached hydrogen (secondary N) is 1. The lowest BCUT2D eigenvalue weighted by Gasteiger charge is -2.34. The van der Waals surface area contributed by atoms with E-state index in [1.807, 2.05) is 12.1 Å². The molecule has 0 radical (unpaired) electrons. The van der Waals surface area contributed by atoms with Crippen molar-refractivity contribution in [3.05, 3.63) is 29.8 Å². The van der Waals surface area contributed by atoms with Gasteiger partial charge in [-0.15, -0.1) is 0 Å². The number of hydrogen-bond acceptors (Lipinski definition) is 3. The van der Waals surface area contributed by atoms with E-state index >= 15 is 0 Å². The highest BCUT2D eigenvalue weighted by Crippen LogP contribution is 2.33. The zero-order chi connectivity index (χ0) is 18.4. The molecule has 1 aromatic rings. The number of hydrogen-bond donors (Lipinski definition) is 1. The van der Waals surface area contributed by atoms with Crippen LogP contribution in [0.15, 0.2) is 24.3 Å². The number of rotatable bonds is 5. The van der Waals surface area contributed by atoms with Gasteiger partial charge in [-0.2, -0.15) is 0 Å². The molecule has 144 valence electrons. The van der Waals surface area contributed by atoms with Crippen LogP contribution in [0, 0.1) is 11.8 Å². The second-order valence-electron chi connectivity index (χ2n) is 8.01. The summed E-state index contributed by atoms with van der Waals surface area (Å²) in [6.07, 6.45) is 7.78. The molecule has 2 heterocycles. The fourth-order valence-corrected chi connectivity index (χ4v) is 4.50. The number of carbonyl (C=O) groups is 1. The monoisotopic (exact) mass is 358 g/mol. The SMILES string of the molecule is COc1ccc(C2CCCCCN2C(=O)CC(C)C2CCCNC2)cc1. The van der Waals surface area contributed by atoms with E-state index in [4.69, 9.17) is 4.74 Å². The van der Waals surface area contributed by atoms with Gasteiger partial charge in [-0.25, -0.2) is 0 Å². The number of piperidine rings is 1. The second kappa shape index (κ2) is 9.40. The number of amides is 1. The predicted molar refractivity (Wildman–Crippen MR) is 105 cm³/mol. The largest absolute Gasteiger partial charge is 0.497 e. The summed E-state index contributed by atoms with van der Waals surface area (Å²) in [7, 11) is 1.69. The van der Waals surface area contributed by atoms with Gasteiger partial charge >= 0.3 is 0 Å². The van der Waals surface area contributed by atoms with Crippen LogP contribution in [0.1, 0.15) is 63.5 Å². The van der Waals surface area contributed by atoms with Crippen molar-refractivity contribution in [3.63, 3.8) is 0 Å². The van der Waals surface area contributed by atoms with Gasteiger partial charge < -0.3 is 15.0 Å². The van der Waals surface area contributed by atoms with Crippen LogP contribution in [0.5, 0.6) is 5.75 Å². The van der Waals surface area contributed by atoms with Gasteiger partial charge in [0.1, 0.15) is 5.75 Å². The summed E-state index contributed by atoms with van der Waals surface area (Å²) >= 11 is 0. The Bertz CT molecular complexity index is 566. The first-order valence-electron chi connectivity index (χ1n) is 10.3. The van der Waals surface area contributed by atoms with Crippen LogP contribution in [-0.2, 0) is 4.79 Å². The molecule has 1 N–H and O–H groups in total. The quantitative estimate of drug-likeness (QED) is 0.859. The summed E-state index contributed by atoms with van der Waals surface area (Å²) in [5.41, 5.74) is 1.24. The molecule has 1 amide bonds. The van der Waals surface area contributed by atoms with E-state index in [0.29, 0.717) is 24.2 Å². The first-order valence-corrected chi connectivity index (χ1v) is 10.3. The summed E-state index contributed by atoms with van der Waals surface area (Å²) in [6, 6.07) is 8.50. The van der Waals surface area contributed by atoms with Crippen LogP contribution in [0.3, 0.4) is 0 Å². The molecule has 4 heteroatoms. The molecule has 3 atom stereocenters. The van der Waals surface area contributed by atoms with Crippen molar-refractivity contribution >= 4 is 5.91 Å². The highest BCUT2D eigenvalue weighted by molar-refractivity contribution is 5.77. The Balaban J connectivity index is 1.69. The van der Waals surface area contributed by atoms with Gasteiger partial charge in [0.05, 0.1) is 13.2 Å². The molecular formula is C22H34N2O2. The fraction of sp³-hybridized carbons (Fsp3) is 0.682. The molecule has 2 aliphatic heterocycles. The standard InChI is InChI=1S/C22H34N2O2/c1-17(19-7-6-13-23-16-19)15-22(25)24-14-5-3-4-8-21(24)18-9-11-20(26-2)12-10-18/h9-12,17,19,21,23H,3-8,13-16H2,1-2H3. The normalized spacial score (nSPS) is 25.4. The summed E-state index contributed by atoms with van der Waals surface area (Å²) in [5.74, 6) is 2.30. The smallest absolute Gasteiger partial charge is 0.223 e. The van der Waals surface area contributed by atoms with Gasteiger partial charge in [0, 0.05) is 13.0 Å². The average Bonchev–Trinajstić information content (AvgIpc) is 2.95. The van der Waals surface area contributed by atoms with E-state index in [1.165, 1.54) is 31.2 Å². The fourth-order valence-electron chi connectivity index (χ4n) is 4.50. The molecule has 0 spiro atoms. The molecule has 0 saturated carbocycles. The molecule has 0 bridgehead atoms. The van der Waals surface area contributed by atoms with E-state index in [1.54, 1.807) is 7.11 Å². The summed E-state index contributed by atoms with van der Waals surface area (Å²) < 4.78 is 5.29. The van der Waals surface area contributed by atoms with Crippen molar-refractivity contribution in [1.82, 2.24) is 10.2 Å². The molecule has 3 rings (SSSR count). The Hall–Kier alpha value is -1.55. The van der Waals surface area contributed by atoms with E-state index in [9.17, 15) is 4.79 Å². The third kappa shape index (κ3) is 4.79. The van der Waals surface area contributed by atoms with Crippen molar-refractivity contribution < 1.29 is 9.53 Å². The second-order valence-corrected chi connectivity index (χ2v) is 8.01. The lowest BCUT2D eigenvalue weighted by molar-refractivity contribution is -0.135. The molecule has 2 aliphatic rings. The summed E-state index contributed by atoms with van der Waals surface area (Å²) in [6.45, 7) is 5.35. The average molecular weight is 359 g/mol. The topological polar surface area (TPSA) is 41.6 Å². The minimum absolute atomic E-state index is 0.215. The molecule has 3 unspecified atom stereocenters. The van der Waals surface area contributed by atoms with Gasteiger partial charge in [0.25, 0.3) is 0 Å². The Kier molecular flexibility index (Phi) is 6.95. The van der Waals surface area contributed by atoms with Crippen LogP contribution in [-0.4, -0.2) is 37.6 Å². The lowest BCUT2D eigenvalue weighted by Crippen LogP contribution is -2.38. The number of carbonyl (C=O) groups excluding carboxylic acids is 1. The maximum absolute atomic E-state index is 13.2. The van der Waals surface area contributed by atoms with Gasteiger partial charge in [0.15, 0.2) is 0 Å². The molecule has 4 nitrogen and oxygen atoms in total. The minimum Gasteiger partial charge on any atom is -0.497 e. The van der Waals surface area contributed by atoms with Crippen molar-refractivity contribution in [2.24, 2.45) is 11.8 Å². The van der Waals surface area contributed by atoms with Crippen molar-refractivity contribution in [2.45, 2.75) is 57.9 Å². The van der Waals surface area contributed by atoms with Crippen molar-refractivity contribution in [2.75, 3.05) is 26.7 Å². The first-order chi connectivity index (χ1) is 12.7. The van der Waals surface area contributed by atoms with E-state index < -0.39 is 0 Å². The van der Waals surface area contributed by atoms with E-state index in [2.05, 4.69) is 29.3 Å². The number of nitrogens with zero attached hydrogens (tertiary/aromatic N) is 1. The molecule has 0 aromatic heterocycles. The Labute approximate surface area is 158 Å². The third-order valence-corrected chi connectivity index (χ3v) is 6.21. The van der Waals surface area contributed by atoms with Gasteiger partial charge in [-0.3, -0.25) is 4.79 Å². The lowest BCUT2D eigenvalue weighted by atomic mass is 9.85. The molecular weight excluding hydrogens is 324 g/mol. The Morgan fingerprint density at radius 1 is 1.19 bits per heavy atom. The number of ether oxygens (including phenoxy) is 1. The molecule has 2 fully saturated rings. The van der Waals surface area contributed by atoms with Crippen molar-refractivity contribution in [1.29, 1.82) is 0 Å². The highest BCUT2D eigenvalue weighted by Gasteiger charge is 2.29. The predicted octanol–water partition coefficient (Wildman–Crippen LogP) is 4.16. The van der Waals surface area contributed by atoms with Crippen LogP contribution >= 0.6 is 0 Å². The zero-order valence-corrected chi connectivity index (χ0v) is 16.4. The van der Waals surface area contributed by atoms with Crippen LogP contribution in [0.4, 0.5) is 0 Å². The van der Waals surface area contributed by atoms with Crippen LogP contribution < -0.4 is 10.1 Å². The van der Waals surface area contributed by atoms with Crippen LogP contribution in [0.2, 0.25) is 0 Å². The zero-order valence-electron chi connectivity index (χ0n) is 16.4. The maximum atomic E-state index is 13.2. The molecule has 2 saturated heterocycles. The van der Waals surface area contributed by atoms with Gasteiger partial charge in [-0.05, 0) is 68.3 Å². The third-order valence-electron chi connectivity index (χ3n) is 6.21. The first kappa shape index (κ1) is 19.2. The van der Waals surface area contributed by atoms with Crippen molar-refractivity contribution in [3.8, 4) is 5.75 Å². The maximum Gasteiger partial charge on any atom is 0.223 e. The minimum atomic E-state index is 0.215. The molecule has 1 aromatic carbocycles. The van der Waals surface area contributed by atoms with Gasteiger partial charge in [0.2, 0.25) is 5.91 Å². The summed E-state index contributed by atoms with van der Waals surface area (Å²) in [5, 5.41) is 3.49. The molecule has 0 aliphatic carbocycles. The Morgan fingerprint density at radius 2 is 2.00 bits per heavy atom. The van der Waals surface area contributed by atoms with Gasteiger partial charge in [-0.1, -0.05) is 31.9 Å². The van der Waals surface area contributed by atoms with E-state index in [-0.39, 0.29) is 6.04 Å². The highest BCUT2D eigenvalue weighted by atomic mass is 16.5. The summed E-state index contributed by atoms with van der Waals surface area (Å²) in [4.78, 5) is 15.4. The number of benzene rings is 1. The van der Waals surface area contributed by atoms with Crippen LogP contribution in [0.25, 0.3) is 0 Å².